The van der Waals surface area contributed by atoms with Crippen molar-refractivity contribution in [3.63, 3.8) is 0 Å². The molecule has 1 aromatic carbocycles. The molecule has 0 aliphatic carbocycles. The van der Waals surface area contributed by atoms with Crippen LogP contribution in [0.4, 0.5) is 10.1 Å². The van der Waals surface area contributed by atoms with Crippen molar-refractivity contribution >= 4 is 11.7 Å². The maximum atomic E-state index is 13.5. The van der Waals surface area contributed by atoms with Crippen LogP contribution in [0, 0.1) is 22.9 Å². The van der Waals surface area contributed by atoms with Gasteiger partial charge in [0.05, 0.1) is 10.6 Å². The minimum atomic E-state index is -1.21. The third kappa shape index (κ3) is 2.15. The Balaban J connectivity index is 2.66. The molecule has 0 amide bonds. The number of carboxylic acids is 1. The van der Waals surface area contributed by atoms with Gasteiger partial charge in [0.1, 0.15) is 11.3 Å². The number of aryl methyl sites for hydroxylation is 1. The molecule has 0 aliphatic rings. The molecule has 1 heterocycles. The maximum Gasteiger partial charge on any atom is 0.339 e. The Labute approximate surface area is 106 Å². The van der Waals surface area contributed by atoms with Gasteiger partial charge < -0.3 is 5.11 Å². The van der Waals surface area contributed by atoms with Gasteiger partial charge in [-0.1, -0.05) is 6.07 Å². The Morgan fingerprint density at radius 3 is 2.74 bits per heavy atom. The zero-order chi connectivity index (χ0) is 14.2. The highest BCUT2D eigenvalue weighted by Gasteiger charge is 2.23. The molecular weight excluding hydrogens is 257 g/mol. The molecule has 1 aromatic heterocycles. The third-order valence-corrected chi connectivity index (χ3v) is 2.52. The van der Waals surface area contributed by atoms with Crippen molar-refractivity contribution in [2.75, 3.05) is 0 Å². The number of carboxylic acid groups (broad SMARTS) is 1. The fourth-order valence-corrected chi connectivity index (χ4v) is 1.66. The highest BCUT2D eigenvalue weighted by Crippen LogP contribution is 2.26. The molecule has 0 atom stereocenters. The standard InChI is InChI=1S/C11H8FN3O4/c1-6-7(11(16)17)5-14(13-6)9-4-2-3-8(12)10(9)15(18)19/h2-5H,1H3,(H,16,17). The molecule has 2 aromatic rings. The van der Waals surface area contributed by atoms with Gasteiger partial charge in [-0.25, -0.2) is 9.48 Å². The summed E-state index contributed by atoms with van der Waals surface area (Å²) in [5.74, 6) is -2.21. The maximum absolute atomic E-state index is 13.5. The zero-order valence-electron chi connectivity index (χ0n) is 9.70. The summed E-state index contributed by atoms with van der Waals surface area (Å²) in [6.45, 7) is 1.45. The molecule has 0 unspecified atom stereocenters. The van der Waals surface area contributed by atoms with Gasteiger partial charge in [0.25, 0.3) is 0 Å². The fraction of sp³-hybridized carbons (Fsp3) is 0.0909. The largest absolute Gasteiger partial charge is 0.478 e. The first-order valence-electron chi connectivity index (χ1n) is 5.14. The van der Waals surface area contributed by atoms with Crippen LogP contribution < -0.4 is 0 Å². The van der Waals surface area contributed by atoms with Crippen molar-refractivity contribution in [2.24, 2.45) is 0 Å². The van der Waals surface area contributed by atoms with E-state index in [9.17, 15) is 19.3 Å². The van der Waals surface area contributed by atoms with Gasteiger partial charge in [0.15, 0.2) is 0 Å². The number of hydrogen-bond donors (Lipinski definition) is 1. The van der Waals surface area contributed by atoms with E-state index in [2.05, 4.69) is 5.10 Å². The van der Waals surface area contributed by atoms with Crippen LogP contribution in [-0.2, 0) is 0 Å². The zero-order valence-corrected chi connectivity index (χ0v) is 9.70. The van der Waals surface area contributed by atoms with Gasteiger partial charge in [-0.05, 0) is 19.1 Å². The van der Waals surface area contributed by atoms with Crippen LogP contribution in [0.3, 0.4) is 0 Å². The lowest BCUT2D eigenvalue weighted by Gasteiger charge is -2.02. The number of para-hydroxylation sites is 1. The van der Waals surface area contributed by atoms with Crippen molar-refractivity contribution in [1.29, 1.82) is 0 Å². The molecule has 1 N–H and O–H groups in total. The van der Waals surface area contributed by atoms with Gasteiger partial charge >= 0.3 is 11.7 Å². The van der Waals surface area contributed by atoms with E-state index in [1.165, 1.54) is 19.1 Å². The summed E-state index contributed by atoms with van der Waals surface area (Å²) in [7, 11) is 0. The van der Waals surface area contributed by atoms with Crippen LogP contribution in [0.15, 0.2) is 24.4 Å². The molecule has 0 aliphatic heterocycles. The first kappa shape index (κ1) is 12.7. The van der Waals surface area contributed by atoms with Crippen molar-refractivity contribution in [2.45, 2.75) is 6.92 Å². The molecule has 7 nitrogen and oxygen atoms in total. The van der Waals surface area contributed by atoms with Gasteiger partial charge in [0.2, 0.25) is 5.82 Å². The predicted molar refractivity (Wildman–Crippen MR) is 61.9 cm³/mol. The minimum Gasteiger partial charge on any atom is -0.478 e. The molecule has 0 spiro atoms. The number of benzene rings is 1. The summed E-state index contributed by atoms with van der Waals surface area (Å²) in [5, 5.41) is 23.6. The predicted octanol–water partition coefficient (Wildman–Crippen LogP) is 1.93. The van der Waals surface area contributed by atoms with Crippen LogP contribution in [0.5, 0.6) is 0 Å². The second kappa shape index (κ2) is 4.48. The van der Waals surface area contributed by atoms with E-state index >= 15 is 0 Å². The monoisotopic (exact) mass is 265 g/mol. The molecule has 19 heavy (non-hydrogen) atoms. The van der Waals surface area contributed by atoms with E-state index in [1.807, 2.05) is 0 Å². The number of carbonyl (C=O) groups is 1. The second-order valence-electron chi connectivity index (χ2n) is 3.74. The van der Waals surface area contributed by atoms with Gasteiger partial charge in [0, 0.05) is 6.20 Å². The Hall–Kier alpha value is -2.77. The lowest BCUT2D eigenvalue weighted by Crippen LogP contribution is -2.03. The van der Waals surface area contributed by atoms with E-state index in [4.69, 9.17) is 5.11 Å². The number of aromatic nitrogens is 2. The SMILES string of the molecule is Cc1nn(-c2cccc(F)c2[N+](=O)[O-])cc1C(=O)O. The summed E-state index contributed by atoms with van der Waals surface area (Å²) in [4.78, 5) is 20.9. The van der Waals surface area contributed by atoms with Crippen LogP contribution in [0.2, 0.25) is 0 Å². The van der Waals surface area contributed by atoms with Crippen LogP contribution >= 0.6 is 0 Å². The fourth-order valence-electron chi connectivity index (χ4n) is 1.66. The quantitative estimate of drug-likeness (QED) is 0.675. The second-order valence-corrected chi connectivity index (χ2v) is 3.74. The van der Waals surface area contributed by atoms with E-state index in [0.29, 0.717) is 0 Å². The number of halogens is 1. The lowest BCUT2D eigenvalue weighted by molar-refractivity contribution is -0.387. The van der Waals surface area contributed by atoms with Gasteiger partial charge in [-0.2, -0.15) is 9.49 Å². The average Bonchev–Trinajstić information content (AvgIpc) is 2.70. The van der Waals surface area contributed by atoms with Gasteiger partial charge in [-0.15, -0.1) is 0 Å². The average molecular weight is 265 g/mol. The Bertz CT molecular complexity index is 681. The first-order valence-corrected chi connectivity index (χ1v) is 5.14. The summed E-state index contributed by atoms with van der Waals surface area (Å²) in [6.07, 6.45) is 1.11. The van der Waals surface area contributed by atoms with E-state index in [0.717, 1.165) is 16.9 Å². The number of rotatable bonds is 3. The van der Waals surface area contributed by atoms with Crippen LogP contribution in [0.25, 0.3) is 5.69 Å². The number of aromatic carboxylic acids is 1. The minimum absolute atomic E-state index is 0.0986. The molecule has 0 fully saturated rings. The van der Waals surface area contributed by atoms with E-state index < -0.39 is 22.4 Å². The topological polar surface area (TPSA) is 98.3 Å². The highest BCUT2D eigenvalue weighted by molar-refractivity contribution is 5.88. The smallest absolute Gasteiger partial charge is 0.339 e. The Kier molecular flexibility index (Phi) is 2.99. The van der Waals surface area contributed by atoms with Crippen molar-refractivity contribution in [3.8, 4) is 5.69 Å². The highest BCUT2D eigenvalue weighted by atomic mass is 19.1. The number of nitro benzene ring substituents is 1. The Morgan fingerprint density at radius 2 is 2.21 bits per heavy atom. The molecule has 0 saturated carbocycles. The molecule has 8 heteroatoms. The van der Waals surface area contributed by atoms with E-state index in [1.54, 1.807) is 0 Å². The number of hydrogen-bond acceptors (Lipinski definition) is 4. The van der Waals surface area contributed by atoms with Crippen molar-refractivity contribution in [3.05, 3.63) is 51.6 Å². The lowest BCUT2D eigenvalue weighted by atomic mass is 10.2. The number of nitrogens with zero attached hydrogens (tertiary/aromatic N) is 3. The third-order valence-electron chi connectivity index (χ3n) is 2.52. The first-order chi connectivity index (χ1) is 8.91. The number of nitro groups is 1. The Morgan fingerprint density at radius 1 is 1.53 bits per heavy atom. The molecule has 0 saturated heterocycles. The van der Waals surface area contributed by atoms with Crippen molar-refractivity contribution in [1.82, 2.24) is 9.78 Å². The molecule has 0 radical (unpaired) electrons. The summed E-state index contributed by atoms with van der Waals surface area (Å²) >= 11 is 0. The van der Waals surface area contributed by atoms with E-state index in [-0.39, 0.29) is 16.9 Å². The molecule has 98 valence electrons. The van der Waals surface area contributed by atoms with Gasteiger partial charge in [-0.3, -0.25) is 10.1 Å². The molecule has 0 bridgehead atoms. The van der Waals surface area contributed by atoms with Crippen molar-refractivity contribution < 1.29 is 19.2 Å². The van der Waals surface area contributed by atoms with Crippen LogP contribution in [-0.4, -0.2) is 25.8 Å². The molecule has 2 rings (SSSR count). The summed E-state index contributed by atoms with van der Waals surface area (Å²) in [5.41, 5.74) is -0.785. The summed E-state index contributed by atoms with van der Waals surface area (Å²) in [6, 6.07) is 3.53. The summed E-state index contributed by atoms with van der Waals surface area (Å²) < 4.78 is 14.4. The van der Waals surface area contributed by atoms with Crippen LogP contribution in [0.1, 0.15) is 16.1 Å². The normalized spacial score (nSPS) is 10.4. The molecular formula is C11H8FN3O4.